The number of anilines is 3. The van der Waals surface area contributed by atoms with Crippen LogP contribution in [0.4, 0.5) is 26.0 Å². The molecule has 3 heterocycles. The highest BCUT2D eigenvalue weighted by Crippen LogP contribution is 2.37. The second-order valence-corrected chi connectivity index (χ2v) is 11.8. The summed E-state index contributed by atoms with van der Waals surface area (Å²) in [4.78, 5) is 19.5. The van der Waals surface area contributed by atoms with Crippen LogP contribution in [0.15, 0.2) is 66.0 Å². The summed E-state index contributed by atoms with van der Waals surface area (Å²) in [5, 5.41) is 6.27. The molecule has 5 rings (SSSR count). The van der Waals surface area contributed by atoms with Crippen molar-refractivity contribution in [3.8, 4) is 0 Å². The van der Waals surface area contributed by atoms with Gasteiger partial charge in [-0.25, -0.2) is 13.8 Å². The first-order chi connectivity index (χ1) is 19.5. The second kappa shape index (κ2) is 11.5. The Labute approximate surface area is 241 Å². The van der Waals surface area contributed by atoms with Crippen LogP contribution in [-0.2, 0) is 17.1 Å². The Hall–Kier alpha value is -4.03. The lowest BCUT2D eigenvalue weighted by Gasteiger charge is -2.33. The average molecular weight is 601 g/mol. The van der Waals surface area contributed by atoms with Gasteiger partial charge in [-0.2, -0.15) is 13.5 Å². The number of halogens is 3. The predicted octanol–water partition coefficient (Wildman–Crippen LogP) is 5.62. The molecule has 0 unspecified atom stereocenters. The third-order valence-electron chi connectivity index (χ3n) is 7.00. The quantitative estimate of drug-likeness (QED) is 0.285. The molecule has 0 aliphatic carbocycles. The molecule has 9 nitrogen and oxygen atoms in total. The maximum absolute atomic E-state index is 13.8. The Kier molecular flexibility index (Phi) is 7.96. The van der Waals surface area contributed by atoms with Gasteiger partial charge in [0, 0.05) is 44.3 Å². The molecular weight excluding hydrogens is 574 g/mol. The molecule has 1 fully saturated rings. The van der Waals surface area contributed by atoms with Crippen molar-refractivity contribution in [1.82, 2.24) is 19.7 Å². The van der Waals surface area contributed by atoms with E-state index in [1.807, 2.05) is 0 Å². The molecule has 2 aromatic carbocycles. The highest BCUT2D eigenvalue weighted by atomic mass is 35.5. The Balaban J connectivity index is 1.47. The number of hydrogen-bond acceptors (Lipinski definition) is 6. The summed E-state index contributed by atoms with van der Waals surface area (Å²) < 4.78 is 57.3. The van der Waals surface area contributed by atoms with E-state index < -0.39 is 20.9 Å². The minimum Gasteiger partial charge on any atom is -0.353 e. The van der Waals surface area contributed by atoms with Crippen molar-refractivity contribution in [3.63, 3.8) is 0 Å². The lowest BCUT2D eigenvalue weighted by Crippen LogP contribution is -2.38. The molecule has 1 amide bonds. The fraction of sp³-hybridized carbons (Fsp3) is 0.250. The zero-order valence-electron chi connectivity index (χ0n) is 22.2. The van der Waals surface area contributed by atoms with Crippen molar-refractivity contribution in [2.45, 2.75) is 30.7 Å². The molecule has 4 aromatic rings. The maximum atomic E-state index is 13.8. The Morgan fingerprint density at radius 1 is 1.05 bits per heavy atom. The lowest BCUT2D eigenvalue weighted by atomic mass is 9.89. The number of piperidine rings is 1. The van der Waals surface area contributed by atoms with E-state index in [0.717, 1.165) is 5.56 Å². The van der Waals surface area contributed by atoms with Gasteiger partial charge in [0.25, 0.3) is 15.9 Å². The number of carbonyl (C=O) groups excluding carboxylic acids is 1. The number of amides is 1. The number of pyridine rings is 1. The summed E-state index contributed by atoms with van der Waals surface area (Å²) in [6, 6.07) is 11.9. The summed E-state index contributed by atoms with van der Waals surface area (Å²) in [6.45, 7) is 2.52. The Morgan fingerprint density at radius 2 is 1.73 bits per heavy atom. The molecule has 214 valence electrons. The summed E-state index contributed by atoms with van der Waals surface area (Å²) in [6.07, 6.45) is 4.07. The number of nitrogens with zero attached hydrogens (tertiary/aromatic N) is 4. The average Bonchev–Trinajstić information content (AvgIpc) is 3.34. The van der Waals surface area contributed by atoms with Crippen LogP contribution in [0.25, 0.3) is 0 Å². The topological polar surface area (TPSA) is 109 Å². The standard InChI is InChI=1S/C28H27ClF2N6O3S/c1-17-15-21(31)7-8-23(17)33-26-22(16-32-27(25(26)29)41(39,40)35-24-11-12-36(2)34-24)28(38)37-13-9-19(10-14-37)18-3-5-20(30)6-4-18/h3-8,11-12,15-16,19H,9-10,13-14H2,1-2H3,(H,32,33)(H,34,35). The van der Waals surface area contributed by atoms with Crippen molar-refractivity contribution in [1.29, 1.82) is 0 Å². The molecule has 0 saturated carbocycles. The van der Waals surface area contributed by atoms with Gasteiger partial charge in [-0.05, 0) is 67.1 Å². The normalized spacial score (nSPS) is 14.2. The first kappa shape index (κ1) is 28.5. The molecule has 0 atom stereocenters. The minimum atomic E-state index is -4.29. The molecule has 2 N–H and O–H groups in total. The van der Waals surface area contributed by atoms with Gasteiger partial charge in [-0.1, -0.05) is 23.7 Å². The number of likely N-dealkylation sites (tertiary alicyclic amines) is 1. The molecule has 0 bridgehead atoms. The van der Waals surface area contributed by atoms with Crippen molar-refractivity contribution in [3.05, 3.63) is 94.3 Å². The number of aromatic nitrogens is 3. The van der Waals surface area contributed by atoms with Gasteiger partial charge in [-0.3, -0.25) is 14.2 Å². The van der Waals surface area contributed by atoms with Gasteiger partial charge in [0.1, 0.15) is 16.7 Å². The van der Waals surface area contributed by atoms with E-state index in [0.29, 0.717) is 37.2 Å². The number of carbonyl (C=O) groups is 1. The van der Waals surface area contributed by atoms with Crippen LogP contribution in [0.5, 0.6) is 0 Å². The van der Waals surface area contributed by atoms with Crippen molar-refractivity contribution in [2.75, 3.05) is 23.1 Å². The third kappa shape index (κ3) is 6.18. The summed E-state index contributed by atoms with van der Waals surface area (Å²) in [7, 11) is -2.65. The van der Waals surface area contributed by atoms with Crippen LogP contribution in [0.2, 0.25) is 5.02 Å². The predicted molar refractivity (Wildman–Crippen MR) is 152 cm³/mol. The zero-order valence-corrected chi connectivity index (χ0v) is 23.8. The van der Waals surface area contributed by atoms with Crippen molar-refractivity contribution in [2.24, 2.45) is 7.05 Å². The molecule has 0 spiro atoms. The fourth-order valence-electron chi connectivity index (χ4n) is 4.82. The largest absolute Gasteiger partial charge is 0.353 e. The Morgan fingerprint density at radius 3 is 2.37 bits per heavy atom. The van der Waals surface area contributed by atoms with E-state index in [9.17, 15) is 22.0 Å². The van der Waals surface area contributed by atoms with Crippen molar-refractivity contribution < 1.29 is 22.0 Å². The second-order valence-electron chi connectivity index (χ2n) is 9.85. The number of aryl methyl sites for hydroxylation is 2. The summed E-state index contributed by atoms with van der Waals surface area (Å²) >= 11 is 6.66. The van der Waals surface area contributed by atoms with E-state index in [1.165, 1.54) is 47.3 Å². The smallest absolute Gasteiger partial charge is 0.282 e. The van der Waals surface area contributed by atoms with Gasteiger partial charge in [0.2, 0.25) is 0 Å². The SMILES string of the molecule is Cc1cc(F)ccc1Nc1c(C(=O)N2CCC(c3ccc(F)cc3)CC2)cnc(S(=O)(=O)Nc2ccn(C)n2)c1Cl. The molecular formula is C28H27ClF2N6O3S. The Bertz CT molecular complexity index is 1700. The molecule has 41 heavy (non-hydrogen) atoms. The van der Waals surface area contributed by atoms with Crippen LogP contribution in [-0.4, -0.2) is 47.1 Å². The van der Waals surface area contributed by atoms with E-state index in [1.54, 1.807) is 37.2 Å². The number of rotatable bonds is 7. The van der Waals surface area contributed by atoms with Gasteiger partial charge in [-0.15, -0.1) is 0 Å². The number of hydrogen-bond donors (Lipinski definition) is 2. The zero-order chi connectivity index (χ0) is 29.3. The molecule has 1 saturated heterocycles. The lowest BCUT2D eigenvalue weighted by molar-refractivity contribution is 0.0713. The molecule has 1 aliphatic heterocycles. The summed E-state index contributed by atoms with van der Waals surface area (Å²) in [5.41, 5.74) is 2.06. The third-order valence-corrected chi connectivity index (χ3v) is 8.77. The van der Waals surface area contributed by atoms with Crippen LogP contribution in [0.3, 0.4) is 0 Å². The van der Waals surface area contributed by atoms with Crippen LogP contribution < -0.4 is 10.0 Å². The van der Waals surface area contributed by atoms with Gasteiger partial charge in [0.15, 0.2) is 10.8 Å². The molecule has 1 aliphatic rings. The molecule has 2 aromatic heterocycles. The van der Waals surface area contributed by atoms with Gasteiger partial charge < -0.3 is 10.2 Å². The fourth-order valence-corrected chi connectivity index (χ4v) is 6.33. The van der Waals surface area contributed by atoms with E-state index in [2.05, 4.69) is 20.1 Å². The number of nitrogens with one attached hydrogen (secondary N) is 2. The highest BCUT2D eigenvalue weighted by Gasteiger charge is 2.31. The van der Waals surface area contributed by atoms with Gasteiger partial charge in [0.05, 0.1) is 11.3 Å². The first-order valence-electron chi connectivity index (χ1n) is 12.8. The molecule has 0 radical (unpaired) electrons. The molecule has 13 heteroatoms. The van der Waals surface area contributed by atoms with Crippen LogP contribution >= 0.6 is 11.6 Å². The van der Waals surface area contributed by atoms with Crippen LogP contribution in [0.1, 0.15) is 40.2 Å². The number of sulfonamides is 1. The maximum Gasteiger partial charge on any atom is 0.282 e. The first-order valence-corrected chi connectivity index (χ1v) is 14.7. The van der Waals surface area contributed by atoms with Crippen molar-refractivity contribution >= 4 is 44.7 Å². The highest BCUT2D eigenvalue weighted by molar-refractivity contribution is 7.92. The summed E-state index contributed by atoms with van der Waals surface area (Å²) in [5.74, 6) is -0.898. The minimum absolute atomic E-state index is 0.0310. The van der Waals surface area contributed by atoms with E-state index >= 15 is 0 Å². The van der Waals surface area contributed by atoms with Crippen LogP contribution in [0, 0.1) is 18.6 Å². The monoisotopic (exact) mass is 600 g/mol. The van der Waals surface area contributed by atoms with Gasteiger partial charge >= 0.3 is 0 Å². The van der Waals surface area contributed by atoms with E-state index in [-0.39, 0.29) is 39.7 Å². The van der Waals surface area contributed by atoms with E-state index in [4.69, 9.17) is 11.6 Å². The number of benzene rings is 2.